The highest BCUT2D eigenvalue weighted by molar-refractivity contribution is 7.12. The molecular formula is C26H27N3O3S. The van der Waals surface area contributed by atoms with Gasteiger partial charge in [0.15, 0.2) is 16.6 Å². The predicted molar refractivity (Wildman–Crippen MR) is 129 cm³/mol. The maximum absolute atomic E-state index is 9.80. The van der Waals surface area contributed by atoms with Crippen molar-refractivity contribution in [3.8, 4) is 33.8 Å². The molecule has 0 radical (unpaired) electrons. The average molecular weight is 462 g/mol. The number of rotatable bonds is 7. The summed E-state index contributed by atoms with van der Waals surface area (Å²) in [7, 11) is 0. The molecule has 3 aromatic rings. The molecule has 0 atom stereocenters. The number of nitrogens with zero attached hydrogens (tertiary/aromatic N) is 1. The van der Waals surface area contributed by atoms with Crippen LogP contribution in [0.1, 0.15) is 29.5 Å². The molecule has 1 saturated heterocycles. The van der Waals surface area contributed by atoms with Crippen molar-refractivity contribution in [3.63, 3.8) is 0 Å². The molecule has 7 heteroatoms. The Kier molecular flexibility index (Phi) is 6.77. The Hall–Kier alpha value is -3.05. The number of benzene rings is 2. The van der Waals surface area contributed by atoms with Gasteiger partial charge in [0, 0.05) is 23.5 Å². The Balaban J connectivity index is 1.21. The average Bonchev–Trinajstić information content (AvgIpc) is 3.30. The Bertz CT molecular complexity index is 1130. The van der Waals surface area contributed by atoms with Crippen molar-refractivity contribution in [2.24, 2.45) is 0 Å². The van der Waals surface area contributed by atoms with Crippen molar-refractivity contribution in [1.82, 2.24) is 10.6 Å². The molecule has 2 aliphatic heterocycles. The molecule has 0 unspecified atom stereocenters. The number of nitriles is 1. The molecule has 33 heavy (non-hydrogen) atoms. The van der Waals surface area contributed by atoms with E-state index in [0.717, 1.165) is 42.1 Å². The van der Waals surface area contributed by atoms with Gasteiger partial charge in [-0.15, -0.1) is 11.3 Å². The lowest BCUT2D eigenvalue weighted by Gasteiger charge is -2.23. The van der Waals surface area contributed by atoms with Gasteiger partial charge in [-0.05, 0) is 54.8 Å². The molecule has 0 spiro atoms. The number of nitrogens with one attached hydrogen (secondary N) is 2. The number of ether oxygens (including phenoxy) is 3. The summed E-state index contributed by atoms with van der Waals surface area (Å²) >= 11 is 1.45. The van der Waals surface area contributed by atoms with Crippen molar-refractivity contribution in [1.29, 1.82) is 5.26 Å². The van der Waals surface area contributed by atoms with Crippen LogP contribution < -0.4 is 24.8 Å². The van der Waals surface area contributed by atoms with E-state index in [1.165, 1.54) is 29.7 Å². The number of hydrogen-bond donors (Lipinski definition) is 2. The Morgan fingerprint density at radius 1 is 1.03 bits per heavy atom. The van der Waals surface area contributed by atoms with Gasteiger partial charge in [0.05, 0.1) is 0 Å². The minimum absolute atomic E-state index is 0.428. The monoisotopic (exact) mass is 461 g/mol. The van der Waals surface area contributed by atoms with Gasteiger partial charge in [-0.2, -0.15) is 5.26 Å². The molecule has 1 fully saturated rings. The SMILES string of the molecule is N#Cc1c(-c2ccc3c(c2)OCCO3)csc1OCc1ccc(CNC2CCNCC2)cc1. The minimum Gasteiger partial charge on any atom is -0.486 e. The van der Waals surface area contributed by atoms with Crippen LogP contribution in [0.25, 0.3) is 11.1 Å². The summed E-state index contributed by atoms with van der Waals surface area (Å²) in [5.74, 6) is 1.45. The molecule has 1 aromatic heterocycles. The second-order valence-electron chi connectivity index (χ2n) is 8.29. The maximum Gasteiger partial charge on any atom is 0.192 e. The van der Waals surface area contributed by atoms with E-state index >= 15 is 0 Å². The molecule has 0 saturated carbocycles. The van der Waals surface area contributed by atoms with Gasteiger partial charge in [0.2, 0.25) is 0 Å². The van der Waals surface area contributed by atoms with Crippen LogP contribution in [0, 0.1) is 11.3 Å². The summed E-state index contributed by atoms with van der Waals surface area (Å²) in [4.78, 5) is 0. The smallest absolute Gasteiger partial charge is 0.192 e. The highest BCUT2D eigenvalue weighted by atomic mass is 32.1. The predicted octanol–water partition coefficient (Wildman–Crippen LogP) is 4.48. The van der Waals surface area contributed by atoms with Crippen molar-refractivity contribution >= 4 is 11.3 Å². The molecule has 0 amide bonds. The molecule has 2 aliphatic rings. The standard InChI is InChI=1S/C26H27N3O3S/c27-14-22-23(20-5-6-24-25(13-20)31-12-11-30-24)17-33-26(22)32-16-19-3-1-18(2-4-19)15-29-21-7-9-28-10-8-21/h1-6,13,17,21,28-29H,7-12,15-16H2. The quantitative estimate of drug-likeness (QED) is 0.540. The molecule has 2 aromatic carbocycles. The van der Waals surface area contributed by atoms with E-state index in [-0.39, 0.29) is 0 Å². The van der Waals surface area contributed by atoms with E-state index in [1.807, 2.05) is 23.6 Å². The van der Waals surface area contributed by atoms with Crippen molar-refractivity contribution in [2.45, 2.75) is 32.0 Å². The van der Waals surface area contributed by atoms with Gasteiger partial charge >= 0.3 is 0 Å². The molecule has 0 bridgehead atoms. The normalized spacial score (nSPS) is 15.7. The van der Waals surface area contributed by atoms with E-state index in [4.69, 9.17) is 14.2 Å². The zero-order valence-electron chi connectivity index (χ0n) is 18.4. The first-order valence-corrected chi connectivity index (χ1v) is 12.2. The summed E-state index contributed by atoms with van der Waals surface area (Å²) in [6.45, 7) is 4.59. The summed E-state index contributed by atoms with van der Waals surface area (Å²) in [6.07, 6.45) is 2.37. The Labute approximate surface area is 198 Å². The fraction of sp³-hybridized carbons (Fsp3) is 0.346. The number of thiophene rings is 1. The van der Waals surface area contributed by atoms with E-state index in [2.05, 4.69) is 41.0 Å². The van der Waals surface area contributed by atoms with Crippen molar-refractivity contribution < 1.29 is 14.2 Å². The van der Waals surface area contributed by atoms with E-state index < -0.39 is 0 Å². The lowest BCUT2D eigenvalue weighted by molar-refractivity contribution is 0.171. The fourth-order valence-corrected chi connectivity index (χ4v) is 5.05. The minimum atomic E-state index is 0.428. The molecule has 0 aliphatic carbocycles. The van der Waals surface area contributed by atoms with Gasteiger partial charge in [-0.25, -0.2) is 0 Å². The van der Waals surface area contributed by atoms with Gasteiger partial charge in [0.25, 0.3) is 0 Å². The van der Waals surface area contributed by atoms with Crippen LogP contribution in [-0.2, 0) is 13.2 Å². The third-order valence-corrected chi connectivity index (χ3v) is 6.94. The molecule has 2 N–H and O–H groups in total. The third kappa shape index (κ3) is 5.14. The first-order chi connectivity index (χ1) is 16.3. The van der Waals surface area contributed by atoms with Gasteiger partial charge in [-0.1, -0.05) is 30.3 Å². The summed E-state index contributed by atoms with van der Waals surface area (Å²) in [5.41, 5.74) is 4.69. The number of piperidine rings is 1. The van der Waals surface area contributed by atoms with Crippen molar-refractivity contribution in [3.05, 3.63) is 64.5 Å². The van der Waals surface area contributed by atoms with Gasteiger partial charge in [0.1, 0.15) is 31.5 Å². The molecular weight excluding hydrogens is 434 g/mol. The lowest BCUT2D eigenvalue weighted by Crippen LogP contribution is -2.39. The van der Waals surface area contributed by atoms with E-state index in [1.54, 1.807) is 0 Å². The van der Waals surface area contributed by atoms with Crippen molar-refractivity contribution in [2.75, 3.05) is 26.3 Å². The van der Waals surface area contributed by atoms with Gasteiger partial charge < -0.3 is 24.8 Å². The summed E-state index contributed by atoms with van der Waals surface area (Å²) < 4.78 is 17.3. The Morgan fingerprint density at radius 2 is 1.79 bits per heavy atom. The van der Waals surface area contributed by atoms with Crippen LogP contribution in [-0.4, -0.2) is 32.3 Å². The third-order valence-electron chi connectivity index (χ3n) is 6.05. The van der Waals surface area contributed by atoms with Crippen LogP contribution in [0.2, 0.25) is 0 Å². The second-order valence-corrected chi connectivity index (χ2v) is 9.13. The summed E-state index contributed by atoms with van der Waals surface area (Å²) in [5, 5.41) is 19.4. The topological polar surface area (TPSA) is 75.5 Å². The van der Waals surface area contributed by atoms with Crippen LogP contribution in [0.15, 0.2) is 47.8 Å². The molecule has 3 heterocycles. The number of hydrogen-bond acceptors (Lipinski definition) is 7. The van der Waals surface area contributed by atoms with E-state index in [9.17, 15) is 5.26 Å². The highest BCUT2D eigenvalue weighted by Gasteiger charge is 2.18. The van der Waals surface area contributed by atoms with Crippen LogP contribution in [0.5, 0.6) is 16.6 Å². The van der Waals surface area contributed by atoms with Crippen LogP contribution in [0.3, 0.4) is 0 Å². The zero-order chi connectivity index (χ0) is 22.5. The Morgan fingerprint density at radius 3 is 2.58 bits per heavy atom. The maximum atomic E-state index is 9.80. The van der Waals surface area contributed by atoms with E-state index in [0.29, 0.717) is 42.2 Å². The highest BCUT2D eigenvalue weighted by Crippen LogP contribution is 2.40. The first kappa shape index (κ1) is 21.8. The largest absolute Gasteiger partial charge is 0.486 e. The fourth-order valence-electron chi connectivity index (χ4n) is 4.17. The molecule has 6 nitrogen and oxygen atoms in total. The van der Waals surface area contributed by atoms with Crippen LogP contribution >= 0.6 is 11.3 Å². The first-order valence-electron chi connectivity index (χ1n) is 11.4. The lowest BCUT2D eigenvalue weighted by atomic mass is 10.0. The number of fused-ring (bicyclic) bond motifs is 1. The zero-order valence-corrected chi connectivity index (χ0v) is 19.2. The van der Waals surface area contributed by atoms with Crippen LogP contribution in [0.4, 0.5) is 0 Å². The second kappa shape index (κ2) is 10.3. The van der Waals surface area contributed by atoms with Gasteiger partial charge in [-0.3, -0.25) is 0 Å². The summed E-state index contributed by atoms with van der Waals surface area (Å²) in [6, 6.07) is 17.2. The molecule has 170 valence electrons. The molecule has 5 rings (SSSR count).